The number of aromatic nitrogens is 1. The van der Waals surface area contributed by atoms with Crippen LogP contribution in [-0.2, 0) is 4.79 Å². The zero-order valence-corrected chi connectivity index (χ0v) is 10.6. The molecule has 0 radical (unpaired) electrons. The Kier molecular flexibility index (Phi) is 4.63. The first-order valence-corrected chi connectivity index (χ1v) is 5.91. The molecule has 4 heteroatoms. The molecule has 17 heavy (non-hydrogen) atoms. The van der Waals surface area contributed by atoms with Crippen LogP contribution in [0, 0.1) is 0 Å². The molecular weight excluding hydrogens is 216 g/mol. The molecule has 1 heterocycles. The minimum atomic E-state index is -0.897. The number of carboxylic acids is 1. The Balaban J connectivity index is 2.78. The van der Waals surface area contributed by atoms with E-state index in [1.165, 1.54) is 0 Å². The third-order valence-electron chi connectivity index (χ3n) is 2.89. The maximum atomic E-state index is 11.3. The molecule has 2 atom stereocenters. The molecule has 0 aromatic carbocycles. The number of hydrogen-bond donors (Lipinski definition) is 2. The Labute approximate surface area is 102 Å². The van der Waals surface area contributed by atoms with Gasteiger partial charge in [-0.25, -0.2) is 0 Å². The Morgan fingerprint density at radius 3 is 2.76 bits per heavy atom. The van der Waals surface area contributed by atoms with Crippen molar-refractivity contribution in [1.29, 1.82) is 0 Å². The van der Waals surface area contributed by atoms with E-state index in [2.05, 4.69) is 10.3 Å². The van der Waals surface area contributed by atoms with Crippen LogP contribution in [0.3, 0.4) is 0 Å². The molecule has 0 aliphatic rings. The molecule has 1 aromatic rings. The van der Waals surface area contributed by atoms with E-state index < -0.39 is 11.5 Å². The van der Waals surface area contributed by atoms with E-state index in [4.69, 9.17) is 0 Å². The highest BCUT2D eigenvalue weighted by atomic mass is 16.4. The van der Waals surface area contributed by atoms with Gasteiger partial charge in [0, 0.05) is 12.2 Å². The number of pyridine rings is 1. The van der Waals surface area contributed by atoms with Gasteiger partial charge in [-0.05, 0) is 32.4 Å². The lowest BCUT2D eigenvalue weighted by Crippen LogP contribution is -2.50. The standard InChI is InChI=1S/C13H20N2O2/c1-4-8-13(3,12(16)17)15-10(2)11-7-5-6-9-14-11/h5-7,9-10,15H,4,8H2,1-3H3,(H,16,17). The molecule has 1 rings (SSSR count). The third kappa shape index (κ3) is 3.53. The van der Waals surface area contributed by atoms with Crippen LogP contribution in [0.2, 0.25) is 0 Å². The molecule has 0 saturated carbocycles. The van der Waals surface area contributed by atoms with E-state index in [1.807, 2.05) is 32.0 Å². The summed E-state index contributed by atoms with van der Waals surface area (Å²) < 4.78 is 0. The van der Waals surface area contributed by atoms with Crippen molar-refractivity contribution < 1.29 is 9.90 Å². The van der Waals surface area contributed by atoms with Crippen LogP contribution in [0.25, 0.3) is 0 Å². The Bertz CT molecular complexity index is 367. The number of aliphatic carboxylic acids is 1. The number of carbonyl (C=O) groups is 1. The summed E-state index contributed by atoms with van der Waals surface area (Å²) >= 11 is 0. The van der Waals surface area contributed by atoms with Gasteiger partial charge in [0.25, 0.3) is 0 Å². The van der Waals surface area contributed by atoms with Crippen molar-refractivity contribution in [3.8, 4) is 0 Å². The lowest BCUT2D eigenvalue weighted by molar-refractivity contribution is -0.144. The van der Waals surface area contributed by atoms with E-state index in [0.29, 0.717) is 6.42 Å². The number of nitrogens with one attached hydrogen (secondary N) is 1. The van der Waals surface area contributed by atoms with Gasteiger partial charge in [-0.1, -0.05) is 19.4 Å². The topological polar surface area (TPSA) is 62.2 Å². The summed E-state index contributed by atoms with van der Waals surface area (Å²) in [7, 11) is 0. The van der Waals surface area contributed by atoms with Crippen LogP contribution >= 0.6 is 0 Å². The van der Waals surface area contributed by atoms with Gasteiger partial charge in [-0.3, -0.25) is 15.1 Å². The number of rotatable bonds is 6. The fraction of sp³-hybridized carbons (Fsp3) is 0.538. The van der Waals surface area contributed by atoms with Crippen molar-refractivity contribution in [1.82, 2.24) is 10.3 Å². The van der Waals surface area contributed by atoms with Crippen molar-refractivity contribution in [3.05, 3.63) is 30.1 Å². The zero-order valence-electron chi connectivity index (χ0n) is 10.6. The second-order valence-corrected chi connectivity index (χ2v) is 4.51. The highest BCUT2D eigenvalue weighted by Crippen LogP contribution is 2.19. The van der Waals surface area contributed by atoms with Crippen molar-refractivity contribution in [2.75, 3.05) is 0 Å². The van der Waals surface area contributed by atoms with Crippen molar-refractivity contribution in [2.45, 2.75) is 45.2 Å². The SMILES string of the molecule is CCCC(C)(NC(C)c1ccccn1)C(=O)O. The van der Waals surface area contributed by atoms with Gasteiger partial charge in [-0.15, -0.1) is 0 Å². The van der Waals surface area contributed by atoms with Crippen molar-refractivity contribution >= 4 is 5.97 Å². The van der Waals surface area contributed by atoms with Gasteiger partial charge < -0.3 is 5.11 Å². The monoisotopic (exact) mass is 236 g/mol. The predicted molar refractivity (Wildman–Crippen MR) is 66.7 cm³/mol. The molecule has 0 amide bonds. The molecule has 0 aliphatic heterocycles. The highest BCUT2D eigenvalue weighted by molar-refractivity contribution is 5.78. The van der Waals surface area contributed by atoms with Crippen LogP contribution in [0.1, 0.15) is 45.3 Å². The van der Waals surface area contributed by atoms with Gasteiger partial charge in [0.15, 0.2) is 0 Å². The highest BCUT2D eigenvalue weighted by Gasteiger charge is 2.33. The van der Waals surface area contributed by atoms with Crippen molar-refractivity contribution in [2.24, 2.45) is 0 Å². The lowest BCUT2D eigenvalue weighted by atomic mass is 9.94. The number of hydrogen-bond acceptors (Lipinski definition) is 3. The van der Waals surface area contributed by atoms with Crippen LogP contribution in [0.5, 0.6) is 0 Å². The predicted octanol–water partition coefficient (Wildman–Crippen LogP) is 2.38. The summed E-state index contributed by atoms with van der Waals surface area (Å²) in [6.07, 6.45) is 3.13. The van der Waals surface area contributed by atoms with Crippen LogP contribution < -0.4 is 5.32 Å². The molecule has 4 nitrogen and oxygen atoms in total. The quantitative estimate of drug-likeness (QED) is 0.796. The Morgan fingerprint density at radius 2 is 2.29 bits per heavy atom. The molecule has 0 bridgehead atoms. The molecule has 0 fully saturated rings. The average Bonchev–Trinajstić information content (AvgIpc) is 2.30. The first-order chi connectivity index (χ1) is 7.99. The lowest BCUT2D eigenvalue weighted by Gasteiger charge is -2.29. The summed E-state index contributed by atoms with van der Waals surface area (Å²) in [6.45, 7) is 5.63. The fourth-order valence-corrected chi connectivity index (χ4v) is 1.92. The summed E-state index contributed by atoms with van der Waals surface area (Å²) in [4.78, 5) is 15.5. The first kappa shape index (κ1) is 13.6. The largest absolute Gasteiger partial charge is 0.480 e. The molecule has 0 saturated heterocycles. The second-order valence-electron chi connectivity index (χ2n) is 4.51. The van der Waals surface area contributed by atoms with E-state index in [1.54, 1.807) is 13.1 Å². The zero-order chi connectivity index (χ0) is 12.9. The number of carboxylic acid groups (broad SMARTS) is 1. The van der Waals surface area contributed by atoms with E-state index in [0.717, 1.165) is 12.1 Å². The minimum absolute atomic E-state index is 0.0798. The molecular formula is C13H20N2O2. The van der Waals surface area contributed by atoms with E-state index in [-0.39, 0.29) is 6.04 Å². The first-order valence-electron chi connectivity index (χ1n) is 5.91. The summed E-state index contributed by atoms with van der Waals surface area (Å²) in [5.41, 5.74) is -0.0397. The van der Waals surface area contributed by atoms with E-state index >= 15 is 0 Å². The van der Waals surface area contributed by atoms with Gasteiger partial charge in [-0.2, -0.15) is 0 Å². The van der Waals surface area contributed by atoms with Gasteiger partial charge in [0.1, 0.15) is 5.54 Å². The molecule has 1 aromatic heterocycles. The molecule has 0 spiro atoms. The van der Waals surface area contributed by atoms with Gasteiger partial charge in [0.2, 0.25) is 0 Å². The third-order valence-corrected chi connectivity index (χ3v) is 2.89. The molecule has 0 aliphatic carbocycles. The average molecular weight is 236 g/mol. The number of nitrogens with zero attached hydrogens (tertiary/aromatic N) is 1. The maximum Gasteiger partial charge on any atom is 0.323 e. The molecule has 94 valence electrons. The van der Waals surface area contributed by atoms with Crippen LogP contribution in [0.15, 0.2) is 24.4 Å². The minimum Gasteiger partial charge on any atom is -0.480 e. The Hall–Kier alpha value is -1.42. The van der Waals surface area contributed by atoms with Gasteiger partial charge in [0.05, 0.1) is 5.69 Å². The summed E-state index contributed by atoms with van der Waals surface area (Å²) in [5.74, 6) is -0.817. The summed E-state index contributed by atoms with van der Waals surface area (Å²) in [5, 5.41) is 12.4. The van der Waals surface area contributed by atoms with Gasteiger partial charge >= 0.3 is 5.97 Å². The fourth-order valence-electron chi connectivity index (χ4n) is 1.92. The normalized spacial score (nSPS) is 16.2. The molecule has 2 unspecified atom stereocenters. The van der Waals surface area contributed by atoms with Crippen molar-refractivity contribution in [3.63, 3.8) is 0 Å². The second kappa shape index (κ2) is 5.77. The molecule has 2 N–H and O–H groups in total. The van der Waals surface area contributed by atoms with Crippen LogP contribution in [0.4, 0.5) is 0 Å². The Morgan fingerprint density at radius 1 is 1.59 bits per heavy atom. The smallest absolute Gasteiger partial charge is 0.323 e. The van der Waals surface area contributed by atoms with E-state index in [9.17, 15) is 9.90 Å². The maximum absolute atomic E-state index is 11.3. The van der Waals surface area contributed by atoms with Crippen LogP contribution in [-0.4, -0.2) is 21.6 Å². The summed E-state index contributed by atoms with van der Waals surface area (Å²) in [6, 6.07) is 5.56.